The zero-order chi connectivity index (χ0) is 17.1. The van der Waals surface area contributed by atoms with Gasteiger partial charge >= 0.3 is 0 Å². The van der Waals surface area contributed by atoms with E-state index in [0.29, 0.717) is 17.7 Å². The van der Waals surface area contributed by atoms with Crippen molar-refractivity contribution in [3.63, 3.8) is 0 Å². The lowest BCUT2D eigenvalue weighted by atomic mass is 10.2. The van der Waals surface area contributed by atoms with Crippen molar-refractivity contribution in [1.29, 1.82) is 0 Å². The lowest BCUT2D eigenvalue weighted by Crippen LogP contribution is -2.13. The average Bonchev–Trinajstić information content (AvgIpc) is 3.06. The Bertz CT molecular complexity index is 825. The summed E-state index contributed by atoms with van der Waals surface area (Å²) in [4.78, 5) is 15.1. The summed E-state index contributed by atoms with van der Waals surface area (Å²) < 4.78 is 5.24. The highest BCUT2D eigenvalue weighted by Gasteiger charge is 2.09. The second-order valence-electron chi connectivity index (χ2n) is 5.67. The van der Waals surface area contributed by atoms with Gasteiger partial charge in [0.25, 0.3) is 5.89 Å². The minimum atomic E-state index is 0.528. The van der Waals surface area contributed by atoms with Gasteiger partial charge in [-0.2, -0.15) is 9.97 Å². The summed E-state index contributed by atoms with van der Waals surface area (Å²) in [5, 5.41) is 7.12. The van der Waals surface area contributed by atoms with E-state index in [4.69, 9.17) is 4.52 Å². The Morgan fingerprint density at radius 2 is 1.88 bits per heavy atom. The molecule has 0 spiro atoms. The van der Waals surface area contributed by atoms with E-state index < -0.39 is 0 Å². The van der Waals surface area contributed by atoms with Crippen molar-refractivity contribution in [2.24, 2.45) is 0 Å². The van der Waals surface area contributed by atoms with Crippen molar-refractivity contribution in [2.45, 2.75) is 20.3 Å². The fourth-order valence-corrected chi connectivity index (χ4v) is 2.29. The zero-order valence-electron chi connectivity index (χ0n) is 14.2. The lowest BCUT2D eigenvalue weighted by molar-refractivity contribution is 0.423. The third kappa shape index (κ3) is 3.34. The van der Waals surface area contributed by atoms with Crippen molar-refractivity contribution in [3.05, 3.63) is 41.9 Å². The van der Waals surface area contributed by atoms with Crippen LogP contribution in [0.4, 0.5) is 17.5 Å². The molecule has 0 unspecified atom stereocenters. The molecule has 0 saturated carbocycles. The summed E-state index contributed by atoms with van der Waals surface area (Å²) in [6, 6.07) is 7.72. The first-order valence-corrected chi connectivity index (χ1v) is 7.78. The molecule has 124 valence electrons. The highest BCUT2D eigenvalue weighted by atomic mass is 16.5. The number of nitrogens with one attached hydrogen (secondary N) is 1. The van der Waals surface area contributed by atoms with E-state index in [1.54, 1.807) is 0 Å². The van der Waals surface area contributed by atoms with Crippen molar-refractivity contribution in [3.8, 4) is 11.5 Å². The molecule has 24 heavy (non-hydrogen) atoms. The number of aryl methyl sites for hydroxylation is 2. The third-order valence-electron chi connectivity index (χ3n) is 3.54. The van der Waals surface area contributed by atoms with Gasteiger partial charge in [-0.05, 0) is 31.2 Å². The Morgan fingerprint density at radius 1 is 1.12 bits per heavy atom. The van der Waals surface area contributed by atoms with Gasteiger partial charge in [0, 0.05) is 43.5 Å². The summed E-state index contributed by atoms with van der Waals surface area (Å²) in [6.07, 6.45) is 2.56. The quantitative estimate of drug-likeness (QED) is 0.772. The van der Waals surface area contributed by atoms with Crippen molar-refractivity contribution in [2.75, 3.05) is 24.3 Å². The molecule has 0 radical (unpaired) electrons. The molecule has 7 heteroatoms. The molecule has 0 amide bonds. The van der Waals surface area contributed by atoms with Gasteiger partial charge in [0.15, 0.2) is 5.82 Å². The van der Waals surface area contributed by atoms with E-state index in [9.17, 15) is 0 Å². The Labute approximate surface area is 140 Å². The van der Waals surface area contributed by atoms with E-state index in [2.05, 4.69) is 25.4 Å². The van der Waals surface area contributed by atoms with E-state index in [1.807, 2.05) is 63.3 Å². The first-order chi connectivity index (χ1) is 11.6. The maximum Gasteiger partial charge on any atom is 0.257 e. The Hall–Kier alpha value is -2.96. The summed E-state index contributed by atoms with van der Waals surface area (Å²) in [6.45, 7) is 3.98. The summed E-state index contributed by atoms with van der Waals surface area (Å²) >= 11 is 0. The molecule has 0 aliphatic heterocycles. The summed E-state index contributed by atoms with van der Waals surface area (Å²) in [5.41, 5.74) is 2.80. The number of anilines is 3. The zero-order valence-corrected chi connectivity index (χ0v) is 14.2. The summed E-state index contributed by atoms with van der Waals surface area (Å²) in [7, 11) is 3.92. The molecule has 3 rings (SSSR count). The van der Waals surface area contributed by atoms with Crippen LogP contribution < -0.4 is 10.2 Å². The van der Waals surface area contributed by atoms with Crippen LogP contribution in [0.15, 0.2) is 35.0 Å². The van der Waals surface area contributed by atoms with Crippen LogP contribution in [0.1, 0.15) is 18.3 Å². The molecule has 7 nitrogen and oxygen atoms in total. The van der Waals surface area contributed by atoms with Gasteiger partial charge < -0.3 is 14.7 Å². The maximum absolute atomic E-state index is 5.24. The van der Waals surface area contributed by atoms with Crippen LogP contribution in [-0.4, -0.2) is 34.2 Å². The number of benzene rings is 1. The smallest absolute Gasteiger partial charge is 0.257 e. The molecule has 0 aliphatic rings. The van der Waals surface area contributed by atoms with Crippen LogP contribution in [0.3, 0.4) is 0 Å². The normalized spacial score (nSPS) is 10.7. The number of nitrogens with zero attached hydrogens (tertiary/aromatic N) is 5. The van der Waals surface area contributed by atoms with Crippen molar-refractivity contribution in [1.82, 2.24) is 20.1 Å². The van der Waals surface area contributed by atoms with Gasteiger partial charge in [-0.25, -0.2) is 4.98 Å². The van der Waals surface area contributed by atoms with E-state index in [0.717, 1.165) is 29.1 Å². The monoisotopic (exact) mass is 324 g/mol. The van der Waals surface area contributed by atoms with E-state index in [1.165, 1.54) is 0 Å². The Balaban J connectivity index is 1.78. The van der Waals surface area contributed by atoms with Crippen LogP contribution in [-0.2, 0) is 6.42 Å². The SMILES string of the molecule is CCc1noc(-c2ccc(Nc3ncc(C)c(N(C)C)n3)cc2)n1. The predicted molar refractivity (Wildman–Crippen MR) is 93.5 cm³/mol. The van der Waals surface area contributed by atoms with E-state index >= 15 is 0 Å². The topological polar surface area (TPSA) is 80.0 Å². The number of hydrogen-bond donors (Lipinski definition) is 1. The Kier molecular flexibility index (Phi) is 4.41. The van der Waals surface area contributed by atoms with Gasteiger partial charge in [-0.15, -0.1) is 0 Å². The molecule has 0 aliphatic carbocycles. The van der Waals surface area contributed by atoms with Crippen LogP contribution >= 0.6 is 0 Å². The minimum absolute atomic E-state index is 0.528. The molecule has 1 N–H and O–H groups in total. The number of rotatable bonds is 5. The molecule has 2 heterocycles. The number of aromatic nitrogens is 4. The molecular weight excluding hydrogens is 304 g/mol. The van der Waals surface area contributed by atoms with Gasteiger partial charge in [0.2, 0.25) is 5.95 Å². The second-order valence-corrected chi connectivity index (χ2v) is 5.67. The standard InChI is InChI=1S/C17H20N6O/c1-5-14-20-16(24-22-14)12-6-8-13(9-7-12)19-17-18-10-11(2)15(21-17)23(3)4/h6-10H,5H2,1-4H3,(H,18,19,21). The first kappa shape index (κ1) is 15.9. The fourth-order valence-electron chi connectivity index (χ4n) is 2.29. The second kappa shape index (κ2) is 6.66. The molecule has 0 saturated heterocycles. The highest BCUT2D eigenvalue weighted by molar-refractivity contribution is 5.62. The van der Waals surface area contributed by atoms with Crippen LogP contribution in [0.5, 0.6) is 0 Å². The van der Waals surface area contributed by atoms with Crippen molar-refractivity contribution < 1.29 is 4.52 Å². The third-order valence-corrected chi connectivity index (χ3v) is 3.54. The largest absolute Gasteiger partial charge is 0.362 e. The fraction of sp³-hybridized carbons (Fsp3) is 0.294. The predicted octanol–water partition coefficient (Wildman–Crippen LogP) is 3.21. The molecule has 0 atom stereocenters. The van der Waals surface area contributed by atoms with Gasteiger partial charge in [-0.3, -0.25) is 0 Å². The molecule has 2 aromatic heterocycles. The van der Waals surface area contributed by atoms with Gasteiger partial charge in [0.05, 0.1) is 0 Å². The maximum atomic E-state index is 5.24. The molecule has 1 aromatic carbocycles. The highest BCUT2D eigenvalue weighted by Crippen LogP contribution is 2.22. The molecular formula is C17H20N6O. The molecule has 3 aromatic rings. The summed E-state index contributed by atoms with van der Waals surface area (Å²) in [5.74, 6) is 2.68. The first-order valence-electron chi connectivity index (χ1n) is 7.78. The van der Waals surface area contributed by atoms with E-state index in [-0.39, 0.29) is 0 Å². The average molecular weight is 324 g/mol. The van der Waals surface area contributed by atoms with Crippen LogP contribution in [0.25, 0.3) is 11.5 Å². The van der Waals surface area contributed by atoms with Crippen molar-refractivity contribution >= 4 is 17.5 Å². The van der Waals surface area contributed by atoms with Gasteiger partial charge in [0.1, 0.15) is 5.82 Å². The number of hydrogen-bond acceptors (Lipinski definition) is 7. The lowest BCUT2D eigenvalue weighted by Gasteiger charge is -2.15. The van der Waals surface area contributed by atoms with Gasteiger partial charge in [-0.1, -0.05) is 12.1 Å². The van der Waals surface area contributed by atoms with Crippen LogP contribution in [0.2, 0.25) is 0 Å². The molecule has 0 bridgehead atoms. The molecule has 0 fully saturated rings. The Morgan fingerprint density at radius 3 is 2.50 bits per heavy atom. The minimum Gasteiger partial charge on any atom is -0.362 e. The van der Waals surface area contributed by atoms with Crippen LogP contribution in [0, 0.1) is 6.92 Å².